The smallest absolute Gasteiger partial charge is 0.394 e. The maximum Gasteiger partial charge on any atom is 0.416 e. The maximum absolute atomic E-state index is 13.6. The number of aromatic nitrogens is 1. The van der Waals surface area contributed by atoms with E-state index in [-0.39, 0.29) is 41.7 Å². The van der Waals surface area contributed by atoms with E-state index in [0.717, 1.165) is 21.9 Å². The summed E-state index contributed by atoms with van der Waals surface area (Å²) in [5.41, 5.74) is -0.843. The number of nitrogens with zero attached hydrogens (tertiary/aromatic N) is 4. The molecule has 1 aliphatic heterocycles. The predicted octanol–water partition coefficient (Wildman–Crippen LogP) is 3.22. The topological polar surface area (TPSA) is 97.2 Å². The van der Waals surface area contributed by atoms with Crippen molar-refractivity contribution >= 4 is 35.0 Å². The zero-order chi connectivity index (χ0) is 26.1. The number of benzene rings is 1. The Hall–Kier alpha value is -2.96. The largest absolute Gasteiger partial charge is 0.416 e. The molecule has 8 nitrogen and oxygen atoms in total. The summed E-state index contributed by atoms with van der Waals surface area (Å²) >= 11 is 5.81. The van der Waals surface area contributed by atoms with E-state index in [9.17, 15) is 32.3 Å². The first-order valence-electron chi connectivity index (χ1n) is 10.5. The average Bonchev–Trinajstić information content (AvgIpc) is 3.13. The molecular weight excluding hydrogens is 496 g/mol. The standard InChI is InChI=1S/C22H23ClF4N4O4/c1-12-7-13(22(25,26)27)8-19(28-12)31-18(10-30(21(31)35)6-5-15(33)11-32)20(34)29(2)14-3-4-17(24)16(23)9-14/h3-4,7-9,15,18,32-33H,5-6,10-11H2,1-2H3. The van der Waals surface area contributed by atoms with Crippen LogP contribution in [0.15, 0.2) is 30.3 Å². The van der Waals surface area contributed by atoms with Crippen molar-refractivity contribution in [1.29, 1.82) is 0 Å². The van der Waals surface area contributed by atoms with Gasteiger partial charge in [0.1, 0.15) is 17.7 Å². The Kier molecular flexibility index (Phi) is 7.87. The van der Waals surface area contributed by atoms with E-state index in [1.807, 2.05) is 0 Å². The predicted molar refractivity (Wildman–Crippen MR) is 120 cm³/mol. The molecule has 35 heavy (non-hydrogen) atoms. The molecular formula is C22H23ClF4N4O4. The Bertz CT molecular complexity index is 1120. The SMILES string of the molecule is Cc1cc(C(F)(F)F)cc(N2C(=O)N(CCC(O)CO)CC2C(=O)N(C)c2ccc(F)c(Cl)c2)n1. The number of hydrogen-bond donors (Lipinski definition) is 2. The van der Waals surface area contributed by atoms with Gasteiger partial charge in [0, 0.05) is 25.0 Å². The molecule has 0 radical (unpaired) electrons. The summed E-state index contributed by atoms with van der Waals surface area (Å²) < 4.78 is 53.8. The number of hydrogen-bond acceptors (Lipinski definition) is 5. The number of aliphatic hydroxyl groups excluding tert-OH is 2. The zero-order valence-corrected chi connectivity index (χ0v) is 19.5. The molecule has 1 aromatic heterocycles. The average molecular weight is 519 g/mol. The van der Waals surface area contributed by atoms with Gasteiger partial charge in [-0.1, -0.05) is 11.6 Å². The van der Waals surface area contributed by atoms with Gasteiger partial charge in [0.05, 0.1) is 29.8 Å². The van der Waals surface area contributed by atoms with Crippen molar-refractivity contribution in [2.24, 2.45) is 0 Å². The van der Waals surface area contributed by atoms with Crippen molar-refractivity contribution in [1.82, 2.24) is 9.88 Å². The van der Waals surface area contributed by atoms with Gasteiger partial charge >= 0.3 is 12.2 Å². The number of aliphatic hydroxyl groups is 2. The Balaban J connectivity index is 2.00. The van der Waals surface area contributed by atoms with Crippen LogP contribution in [-0.2, 0) is 11.0 Å². The quantitative estimate of drug-likeness (QED) is 0.549. The lowest BCUT2D eigenvalue weighted by Crippen LogP contribution is -2.47. The van der Waals surface area contributed by atoms with Gasteiger partial charge in [-0.3, -0.25) is 9.69 Å². The first-order chi connectivity index (χ1) is 16.3. The monoisotopic (exact) mass is 518 g/mol. The minimum atomic E-state index is -4.71. The van der Waals surface area contributed by atoms with E-state index >= 15 is 0 Å². The molecule has 0 bridgehead atoms. The second-order valence-corrected chi connectivity index (χ2v) is 8.50. The summed E-state index contributed by atoms with van der Waals surface area (Å²) in [6.45, 7) is 0.506. The van der Waals surface area contributed by atoms with Crippen molar-refractivity contribution in [2.75, 3.05) is 36.5 Å². The molecule has 3 rings (SSSR count). The molecule has 2 N–H and O–H groups in total. The highest BCUT2D eigenvalue weighted by molar-refractivity contribution is 6.31. The number of aryl methyl sites for hydroxylation is 1. The summed E-state index contributed by atoms with van der Waals surface area (Å²) in [7, 11) is 1.36. The van der Waals surface area contributed by atoms with Crippen molar-refractivity contribution in [3.63, 3.8) is 0 Å². The summed E-state index contributed by atoms with van der Waals surface area (Å²) in [6.07, 6.45) is -5.85. The summed E-state index contributed by atoms with van der Waals surface area (Å²) in [5.74, 6) is -1.74. The van der Waals surface area contributed by atoms with Gasteiger partial charge in [0.15, 0.2) is 0 Å². The van der Waals surface area contributed by atoms with Gasteiger partial charge in [-0.05, 0) is 43.7 Å². The number of alkyl halides is 3. The second kappa shape index (κ2) is 10.3. The molecule has 0 saturated carbocycles. The van der Waals surface area contributed by atoms with Crippen LogP contribution < -0.4 is 9.80 Å². The molecule has 2 aromatic rings. The van der Waals surface area contributed by atoms with E-state index in [2.05, 4.69) is 4.98 Å². The lowest BCUT2D eigenvalue weighted by Gasteiger charge is -2.27. The molecule has 13 heteroatoms. The number of pyridine rings is 1. The highest BCUT2D eigenvalue weighted by atomic mass is 35.5. The summed E-state index contributed by atoms with van der Waals surface area (Å²) in [4.78, 5) is 33.8. The number of rotatable bonds is 7. The molecule has 2 unspecified atom stereocenters. The number of urea groups is 1. The van der Waals surface area contributed by atoms with Crippen LogP contribution in [0.3, 0.4) is 0 Å². The third-order valence-electron chi connectivity index (χ3n) is 5.54. The minimum absolute atomic E-state index is 0.0124. The number of anilines is 2. The highest BCUT2D eigenvalue weighted by Crippen LogP contribution is 2.34. The second-order valence-electron chi connectivity index (χ2n) is 8.09. The van der Waals surface area contributed by atoms with Crippen molar-refractivity contribution < 1.29 is 37.4 Å². The number of carbonyl (C=O) groups excluding carboxylic acids is 2. The fraction of sp³-hybridized carbons (Fsp3) is 0.409. The molecule has 2 heterocycles. The first kappa shape index (κ1) is 26.6. The van der Waals surface area contributed by atoms with E-state index in [0.29, 0.717) is 6.07 Å². The summed E-state index contributed by atoms with van der Waals surface area (Å²) in [5, 5.41) is 18.5. The fourth-order valence-corrected chi connectivity index (χ4v) is 3.84. The fourth-order valence-electron chi connectivity index (χ4n) is 3.67. The van der Waals surface area contributed by atoms with Crippen LogP contribution in [0.5, 0.6) is 0 Å². The number of carbonyl (C=O) groups is 2. The molecule has 1 aromatic carbocycles. The van der Waals surface area contributed by atoms with Crippen LogP contribution in [0.2, 0.25) is 5.02 Å². The normalized spacial score (nSPS) is 17.2. The van der Waals surface area contributed by atoms with Gasteiger partial charge in [0.25, 0.3) is 5.91 Å². The van der Waals surface area contributed by atoms with Crippen molar-refractivity contribution in [2.45, 2.75) is 31.7 Å². The van der Waals surface area contributed by atoms with E-state index < -0.39 is 48.2 Å². The molecule has 1 fully saturated rings. The van der Waals surface area contributed by atoms with E-state index in [4.69, 9.17) is 16.7 Å². The van der Waals surface area contributed by atoms with E-state index in [1.165, 1.54) is 31.0 Å². The highest BCUT2D eigenvalue weighted by Gasteiger charge is 2.45. The van der Waals surface area contributed by atoms with Crippen LogP contribution in [0.25, 0.3) is 0 Å². The van der Waals surface area contributed by atoms with Crippen LogP contribution >= 0.6 is 11.6 Å². The van der Waals surface area contributed by atoms with Crippen LogP contribution in [0.4, 0.5) is 33.9 Å². The summed E-state index contributed by atoms with van der Waals surface area (Å²) in [6, 6.07) is 3.00. The third kappa shape index (κ3) is 5.82. The Morgan fingerprint density at radius 3 is 2.60 bits per heavy atom. The van der Waals surface area contributed by atoms with Gasteiger partial charge in [0.2, 0.25) is 0 Å². The van der Waals surface area contributed by atoms with Crippen LogP contribution in [-0.4, -0.2) is 70.9 Å². The minimum Gasteiger partial charge on any atom is -0.394 e. The van der Waals surface area contributed by atoms with Crippen molar-refractivity contribution in [3.8, 4) is 0 Å². The van der Waals surface area contributed by atoms with Gasteiger partial charge in [-0.15, -0.1) is 0 Å². The van der Waals surface area contributed by atoms with Gasteiger partial charge in [-0.2, -0.15) is 13.2 Å². The molecule has 1 aliphatic rings. The molecule has 0 aliphatic carbocycles. The number of amides is 3. The third-order valence-corrected chi connectivity index (χ3v) is 5.83. The Morgan fingerprint density at radius 2 is 2.00 bits per heavy atom. The molecule has 3 amide bonds. The lowest BCUT2D eigenvalue weighted by molar-refractivity contribution is -0.137. The molecule has 1 saturated heterocycles. The van der Waals surface area contributed by atoms with Crippen LogP contribution in [0.1, 0.15) is 17.7 Å². The van der Waals surface area contributed by atoms with E-state index in [1.54, 1.807) is 0 Å². The Labute approximate surface area is 203 Å². The lowest BCUT2D eigenvalue weighted by atomic mass is 10.1. The van der Waals surface area contributed by atoms with Crippen molar-refractivity contribution in [3.05, 3.63) is 52.4 Å². The zero-order valence-electron chi connectivity index (χ0n) is 18.8. The number of halogens is 5. The first-order valence-corrected chi connectivity index (χ1v) is 10.9. The molecule has 2 atom stereocenters. The number of likely N-dealkylation sites (N-methyl/N-ethyl adjacent to an activating group) is 1. The molecule has 0 spiro atoms. The van der Waals surface area contributed by atoms with Gasteiger partial charge < -0.3 is 20.0 Å². The van der Waals surface area contributed by atoms with Crippen LogP contribution in [0, 0.1) is 12.7 Å². The Morgan fingerprint density at radius 1 is 1.31 bits per heavy atom. The van der Waals surface area contributed by atoms with Gasteiger partial charge in [-0.25, -0.2) is 14.2 Å². The molecule has 190 valence electrons. The maximum atomic E-state index is 13.6.